The van der Waals surface area contributed by atoms with Crippen LogP contribution in [0.5, 0.6) is 0 Å². The summed E-state index contributed by atoms with van der Waals surface area (Å²) in [6.07, 6.45) is 8.17. The van der Waals surface area contributed by atoms with E-state index in [4.69, 9.17) is 0 Å². The van der Waals surface area contributed by atoms with Gasteiger partial charge in [-0.05, 0) is 49.9 Å². The van der Waals surface area contributed by atoms with E-state index in [0.29, 0.717) is 6.04 Å². The van der Waals surface area contributed by atoms with E-state index in [2.05, 4.69) is 34.5 Å². The van der Waals surface area contributed by atoms with Gasteiger partial charge in [0.25, 0.3) is 0 Å². The zero-order valence-corrected chi connectivity index (χ0v) is 10.5. The highest BCUT2D eigenvalue weighted by atomic mass is 15.1. The van der Waals surface area contributed by atoms with Crippen LogP contribution >= 0.6 is 0 Å². The Hall–Kier alpha value is -1.18. The second-order valence-corrected chi connectivity index (χ2v) is 5.37. The number of benzene rings is 1. The molecule has 2 heteroatoms. The van der Waals surface area contributed by atoms with Crippen molar-refractivity contribution < 1.29 is 0 Å². The Morgan fingerprint density at radius 1 is 0.882 bits per heavy atom. The fraction of sp³-hybridized carbons (Fsp3) is 0.600. The van der Waals surface area contributed by atoms with E-state index in [0.717, 1.165) is 0 Å². The van der Waals surface area contributed by atoms with Gasteiger partial charge in [-0.15, -0.1) is 0 Å². The third kappa shape index (κ3) is 2.56. The Morgan fingerprint density at radius 2 is 1.53 bits per heavy atom. The molecule has 1 saturated heterocycles. The molecule has 2 nitrogen and oxygen atoms in total. The lowest BCUT2D eigenvalue weighted by molar-refractivity contribution is 0.755. The van der Waals surface area contributed by atoms with Gasteiger partial charge in [0, 0.05) is 30.5 Å². The van der Waals surface area contributed by atoms with Gasteiger partial charge in [-0.25, -0.2) is 0 Å². The molecule has 3 rings (SSSR count). The maximum atomic E-state index is 3.64. The molecule has 0 radical (unpaired) electrons. The monoisotopic (exact) mass is 230 g/mol. The minimum absolute atomic E-state index is 0.715. The van der Waals surface area contributed by atoms with Gasteiger partial charge < -0.3 is 10.2 Å². The van der Waals surface area contributed by atoms with E-state index in [9.17, 15) is 0 Å². The molecule has 1 aliphatic carbocycles. The second kappa shape index (κ2) is 4.99. The van der Waals surface area contributed by atoms with Crippen molar-refractivity contribution in [1.29, 1.82) is 0 Å². The molecule has 92 valence electrons. The molecule has 0 amide bonds. The van der Waals surface area contributed by atoms with Gasteiger partial charge in [-0.3, -0.25) is 0 Å². The average molecular weight is 230 g/mol. The van der Waals surface area contributed by atoms with Crippen LogP contribution in [-0.4, -0.2) is 19.1 Å². The van der Waals surface area contributed by atoms with Crippen LogP contribution in [0, 0.1) is 0 Å². The highest BCUT2D eigenvalue weighted by Gasteiger charge is 2.15. The molecule has 0 spiro atoms. The molecule has 0 aromatic heterocycles. The van der Waals surface area contributed by atoms with Crippen molar-refractivity contribution in [2.45, 2.75) is 44.6 Å². The summed E-state index contributed by atoms with van der Waals surface area (Å²) in [5.74, 6) is 0. The van der Waals surface area contributed by atoms with Crippen LogP contribution in [0.2, 0.25) is 0 Å². The number of rotatable bonds is 3. The van der Waals surface area contributed by atoms with Gasteiger partial charge in [-0.2, -0.15) is 0 Å². The van der Waals surface area contributed by atoms with Crippen LogP contribution in [-0.2, 0) is 0 Å². The van der Waals surface area contributed by atoms with E-state index in [-0.39, 0.29) is 0 Å². The second-order valence-electron chi connectivity index (χ2n) is 5.37. The SMILES string of the molecule is c1cc(N2CCCC2)ccc1NC1CCCC1. The van der Waals surface area contributed by atoms with E-state index in [1.807, 2.05) is 0 Å². The fourth-order valence-electron chi connectivity index (χ4n) is 3.05. The van der Waals surface area contributed by atoms with Crippen LogP contribution in [0.15, 0.2) is 24.3 Å². The van der Waals surface area contributed by atoms with Crippen molar-refractivity contribution in [3.63, 3.8) is 0 Å². The van der Waals surface area contributed by atoms with E-state index in [1.165, 1.54) is 63.0 Å². The van der Waals surface area contributed by atoms with Crippen molar-refractivity contribution in [1.82, 2.24) is 0 Å². The third-order valence-electron chi connectivity index (χ3n) is 4.06. The van der Waals surface area contributed by atoms with Gasteiger partial charge in [0.2, 0.25) is 0 Å². The van der Waals surface area contributed by atoms with Crippen LogP contribution in [0.25, 0.3) is 0 Å². The Labute approximate surface area is 104 Å². The summed E-state index contributed by atoms with van der Waals surface area (Å²) >= 11 is 0. The molecule has 17 heavy (non-hydrogen) atoms. The van der Waals surface area contributed by atoms with Crippen LogP contribution < -0.4 is 10.2 Å². The standard InChI is InChI=1S/C15H22N2/c1-2-6-13(5-1)16-14-7-9-15(10-8-14)17-11-3-4-12-17/h7-10,13,16H,1-6,11-12H2. The van der Waals surface area contributed by atoms with Crippen LogP contribution in [0.4, 0.5) is 11.4 Å². The first-order valence-corrected chi connectivity index (χ1v) is 7.03. The molecule has 1 N–H and O–H groups in total. The largest absolute Gasteiger partial charge is 0.382 e. The van der Waals surface area contributed by atoms with Gasteiger partial charge in [-0.1, -0.05) is 12.8 Å². The van der Waals surface area contributed by atoms with Gasteiger partial charge in [0.1, 0.15) is 0 Å². The Morgan fingerprint density at radius 3 is 2.18 bits per heavy atom. The van der Waals surface area contributed by atoms with Gasteiger partial charge >= 0.3 is 0 Å². The van der Waals surface area contributed by atoms with Gasteiger partial charge in [0.05, 0.1) is 0 Å². The predicted molar refractivity (Wildman–Crippen MR) is 73.8 cm³/mol. The minimum Gasteiger partial charge on any atom is -0.382 e. The number of nitrogens with one attached hydrogen (secondary N) is 1. The lowest BCUT2D eigenvalue weighted by Gasteiger charge is -2.19. The molecule has 1 heterocycles. The molecule has 1 saturated carbocycles. The molecular weight excluding hydrogens is 208 g/mol. The molecule has 0 atom stereocenters. The van der Waals surface area contributed by atoms with Crippen LogP contribution in [0.3, 0.4) is 0 Å². The van der Waals surface area contributed by atoms with Gasteiger partial charge in [0.15, 0.2) is 0 Å². The zero-order chi connectivity index (χ0) is 11.5. The molecule has 2 fully saturated rings. The summed E-state index contributed by atoms with van der Waals surface area (Å²) in [6, 6.07) is 9.73. The molecule has 1 aromatic carbocycles. The van der Waals surface area contributed by atoms with Crippen molar-refractivity contribution >= 4 is 11.4 Å². The first kappa shape index (κ1) is 10.9. The molecule has 0 unspecified atom stereocenters. The highest BCUT2D eigenvalue weighted by Crippen LogP contribution is 2.25. The Balaban J connectivity index is 1.62. The topological polar surface area (TPSA) is 15.3 Å². The van der Waals surface area contributed by atoms with E-state index in [1.54, 1.807) is 0 Å². The molecule has 1 aliphatic heterocycles. The lowest BCUT2D eigenvalue weighted by Crippen LogP contribution is -2.18. The lowest BCUT2D eigenvalue weighted by atomic mass is 10.2. The number of hydrogen-bond acceptors (Lipinski definition) is 2. The van der Waals surface area contributed by atoms with Crippen molar-refractivity contribution in [3.8, 4) is 0 Å². The fourth-order valence-corrected chi connectivity index (χ4v) is 3.05. The quantitative estimate of drug-likeness (QED) is 0.852. The van der Waals surface area contributed by atoms with E-state index < -0.39 is 0 Å². The maximum Gasteiger partial charge on any atom is 0.0367 e. The summed E-state index contributed by atoms with van der Waals surface area (Å²) in [5, 5.41) is 3.64. The minimum atomic E-state index is 0.715. The first-order chi connectivity index (χ1) is 8.42. The molecule has 2 aliphatic rings. The van der Waals surface area contributed by atoms with Crippen molar-refractivity contribution in [2.75, 3.05) is 23.3 Å². The van der Waals surface area contributed by atoms with Crippen LogP contribution in [0.1, 0.15) is 38.5 Å². The van der Waals surface area contributed by atoms with Crippen molar-refractivity contribution in [2.24, 2.45) is 0 Å². The summed E-state index contributed by atoms with van der Waals surface area (Å²) in [5.41, 5.74) is 2.68. The third-order valence-corrected chi connectivity index (χ3v) is 4.06. The average Bonchev–Trinajstić information content (AvgIpc) is 3.01. The normalized spacial score (nSPS) is 21.1. The summed E-state index contributed by atoms with van der Waals surface area (Å²) < 4.78 is 0. The highest BCUT2D eigenvalue weighted by molar-refractivity contribution is 5.55. The molecule has 1 aromatic rings. The molecule has 0 bridgehead atoms. The van der Waals surface area contributed by atoms with E-state index >= 15 is 0 Å². The number of hydrogen-bond donors (Lipinski definition) is 1. The zero-order valence-electron chi connectivity index (χ0n) is 10.5. The van der Waals surface area contributed by atoms with Crippen molar-refractivity contribution in [3.05, 3.63) is 24.3 Å². The molecular formula is C15H22N2. The predicted octanol–water partition coefficient (Wildman–Crippen LogP) is 3.64. The Bertz CT molecular complexity index is 346. The summed E-state index contributed by atoms with van der Waals surface area (Å²) in [7, 11) is 0. The summed E-state index contributed by atoms with van der Waals surface area (Å²) in [6.45, 7) is 2.46. The number of nitrogens with zero attached hydrogens (tertiary/aromatic N) is 1. The maximum absolute atomic E-state index is 3.64. The summed E-state index contributed by atoms with van der Waals surface area (Å²) in [4.78, 5) is 2.49. The first-order valence-electron chi connectivity index (χ1n) is 7.03. The smallest absolute Gasteiger partial charge is 0.0367 e. The number of anilines is 2. The Kier molecular flexibility index (Phi) is 3.21.